The Labute approximate surface area is 200 Å². The molecule has 0 amide bonds. The van der Waals surface area contributed by atoms with Crippen molar-refractivity contribution in [3.8, 4) is 28.6 Å². The fourth-order valence-corrected chi connectivity index (χ4v) is 5.53. The van der Waals surface area contributed by atoms with Crippen molar-refractivity contribution in [3.63, 3.8) is 0 Å². The molecule has 1 aromatic heterocycles. The predicted octanol–water partition coefficient (Wildman–Crippen LogP) is 2.96. The van der Waals surface area contributed by atoms with Crippen molar-refractivity contribution < 1.29 is 22.6 Å². The number of rotatable bonds is 7. The van der Waals surface area contributed by atoms with Gasteiger partial charge in [0.05, 0.1) is 42.2 Å². The van der Waals surface area contributed by atoms with Crippen molar-refractivity contribution in [1.29, 1.82) is 0 Å². The van der Waals surface area contributed by atoms with Crippen LogP contribution in [0.4, 0.5) is 0 Å². The average molecular weight is 487 g/mol. The van der Waals surface area contributed by atoms with E-state index >= 15 is 0 Å². The van der Waals surface area contributed by atoms with Gasteiger partial charge in [0.1, 0.15) is 17.2 Å². The Morgan fingerprint density at radius 2 is 1.71 bits per heavy atom. The van der Waals surface area contributed by atoms with Gasteiger partial charge in [-0.05, 0) is 39.1 Å². The average Bonchev–Trinajstić information content (AvgIpc) is 2.85. The number of hydrogen-bond donors (Lipinski definition) is 0. The molecule has 0 bridgehead atoms. The van der Waals surface area contributed by atoms with Gasteiger partial charge in [-0.1, -0.05) is 0 Å². The Hall–Kier alpha value is -2.95. The lowest BCUT2D eigenvalue weighted by Crippen LogP contribution is -2.47. The zero-order valence-electron chi connectivity index (χ0n) is 20.2. The van der Waals surface area contributed by atoms with Crippen LogP contribution in [0.5, 0.6) is 17.2 Å². The van der Waals surface area contributed by atoms with Gasteiger partial charge in [0.15, 0.2) is 5.82 Å². The van der Waals surface area contributed by atoms with Crippen molar-refractivity contribution in [2.75, 3.05) is 54.1 Å². The maximum absolute atomic E-state index is 13.4. The van der Waals surface area contributed by atoms with Crippen LogP contribution in [-0.4, -0.2) is 81.6 Å². The fraction of sp³-hybridized carbons (Fsp3) is 0.417. The van der Waals surface area contributed by atoms with Gasteiger partial charge in [0, 0.05) is 44.0 Å². The normalized spacial score (nSPS) is 15.4. The van der Waals surface area contributed by atoms with Gasteiger partial charge < -0.3 is 19.1 Å². The first-order valence-corrected chi connectivity index (χ1v) is 12.6. The molecule has 0 radical (unpaired) electrons. The van der Waals surface area contributed by atoms with Crippen LogP contribution in [0.3, 0.4) is 0 Å². The summed E-state index contributed by atoms with van der Waals surface area (Å²) < 4.78 is 45.1. The Morgan fingerprint density at radius 3 is 2.35 bits per heavy atom. The van der Waals surface area contributed by atoms with Gasteiger partial charge in [-0.15, -0.1) is 0 Å². The lowest BCUT2D eigenvalue weighted by atomic mass is 10.1. The number of methoxy groups -OCH3 is 2. The maximum atomic E-state index is 13.4. The quantitative estimate of drug-likeness (QED) is 0.503. The lowest BCUT2D eigenvalue weighted by molar-refractivity contribution is 0.222. The highest BCUT2D eigenvalue weighted by molar-refractivity contribution is 7.89. The molecule has 9 nitrogen and oxygen atoms in total. The molecule has 1 aliphatic heterocycles. The summed E-state index contributed by atoms with van der Waals surface area (Å²) >= 11 is 0. The monoisotopic (exact) mass is 486 g/mol. The standard InChI is InChI=1S/C24H30N4O5S/c1-6-33-20-8-7-17(34(29,30)28-11-9-27(3)10-12-28)13-18(20)24-25-15-19-22(32-5)14-21(31-4)16(2)23(19)26-24/h7-8,13-15H,6,9-12H2,1-5H3. The third kappa shape index (κ3) is 4.40. The van der Waals surface area contributed by atoms with E-state index in [4.69, 9.17) is 19.2 Å². The van der Waals surface area contributed by atoms with Crippen LogP contribution in [0.25, 0.3) is 22.3 Å². The number of fused-ring (bicyclic) bond motifs is 1. The molecule has 0 aliphatic carbocycles. The molecule has 1 saturated heterocycles. The van der Waals surface area contributed by atoms with Crippen LogP contribution < -0.4 is 14.2 Å². The molecule has 0 N–H and O–H groups in total. The van der Waals surface area contributed by atoms with Gasteiger partial charge in [-0.25, -0.2) is 18.4 Å². The highest BCUT2D eigenvalue weighted by Gasteiger charge is 2.28. The predicted molar refractivity (Wildman–Crippen MR) is 130 cm³/mol. The number of ether oxygens (including phenoxy) is 3. The summed E-state index contributed by atoms with van der Waals surface area (Å²) in [6.07, 6.45) is 1.68. The topological polar surface area (TPSA) is 94.1 Å². The van der Waals surface area contributed by atoms with Crippen LogP contribution in [0.1, 0.15) is 12.5 Å². The highest BCUT2D eigenvalue weighted by atomic mass is 32.2. The summed E-state index contributed by atoms with van der Waals surface area (Å²) in [5.41, 5.74) is 2.01. The molecule has 3 aromatic rings. The Balaban J connectivity index is 1.85. The second kappa shape index (κ2) is 9.73. The highest BCUT2D eigenvalue weighted by Crippen LogP contribution is 2.37. The molecule has 2 heterocycles. The van der Waals surface area contributed by atoms with Crippen LogP contribution in [-0.2, 0) is 10.0 Å². The minimum absolute atomic E-state index is 0.194. The van der Waals surface area contributed by atoms with E-state index in [2.05, 4.69) is 9.88 Å². The molecule has 34 heavy (non-hydrogen) atoms. The van der Waals surface area contributed by atoms with Gasteiger partial charge in [-0.2, -0.15) is 4.31 Å². The van der Waals surface area contributed by atoms with Gasteiger partial charge in [0.25, 0.3) is 0 Å². The van der Waals surface area contributed by atoms with Crippen LogP contribution in [0.15, 0.2) is 35.4 Å². The molecule has 1 aliphatic rings. The van der Waals surface area contributed by atoms with Crippen molar-refractivity contribution in [2.45, 2.75) is 18.7 Å². The lowest BCUT2D eigenvalue weighted by Gasteiger charge is -2.31. The number of piperazine rings is 1. The van der Waals surface area contributed by atoms with Gasteiger partial charge >= 0.3 is 0 Å². The number of aromatic nitrogens is 2. The number of nitrogens with zero attached hydrogens (tertiary/aromatic N) is 4. The molecule has 182 valence electrons. The smallest absolute Gasteiger partial charge is 0.243 e. The molecule has 0 atom stereocenters. The van der Waals surface area contributed by atoms with Crippen LogP contribution >= 0.6 is 0 Å². The molecule has 4 rings (SSSR count). The third-order valence-corrected chi connectivity index (χ3v) is 7.97. The molecule has 0 spiro atoms. The van der Waals surface area contributed by atoms with Crippen LogP contribution in [0, 0.1) is 6.92 Å². The first kappa shape index (κ1) is 24.2. The van der Waals surface area contributed by atoms with E-state index in [9.17, 15) is 8.42 Å². The van der Waals surface area contributed by atoms with E-state index < -0.39 is 10.0 Å². The second-order valence-electron chi connectivity index (χ2n) is 8.16. The molecular weight excluding hydrogens is 456 g/mol. The zero-order chi connectivity index (χ0) is 24.5. The van der Waals surface area contributed by atoms with Crippen molar-refractivity contribution in [3.05, 3.63) is 36.0 Å². The molecule has 0 unspecified atom stereocenters. The van der Waals surface area contributed by atoms with Gasteiger partial charge in [-0.3, -0.25) is 0 Å². The molecular formula is C24H30N4O5S. The van der Waals surface area contributed by atoms with E-state index in [0.29, 0.717) is 66.9 Å². The van der Waals surface area contributed by atoms with E-state index in [1.54, 1.807) is 44.7 Å². The summed E-state index contributed by atoms with van der Waals surface area (Å²) in [5, 5.41) is 0.740. The number of hydrogen-bond acceptors (Lipinski definition) is 8. The Morgan fingerprint density at radius 1 is 1.00 bits per heavy atom. The summed E-state index contributed by atoms with van der Waals surface area (Å²) in [4.78, 5) is 11.6. The number of likely N-dealkylation sites (N-methyl/N-ethyl adjacent to an activating group) is 1. The first-order chi connectivity index (χ1) is 16.3. The Bertz CT molecular complexity index is 1300. The zero-order valence-corrected chi connectivity index (χ0v) is 21.0. The largest absolute Gasteiger partial charge is 0.496 e. The number of sulfonamides is 1. The molecule has 2 aromatic carbocycles. The van der Waals surface area contributed by atoms with Crippen molar-refractivity contribution in [2.24, 2.45) is 0 Å². The molecule has 10 heteroatoms. The minimum atomic E-state index is -3.66. The second-order valence-corrected chi connectivity index (χ2v) is 10.1. The van der Waals surface area contributed by atoms with E-state index in [1.165, 1.54) is 4.31 Å². The third-order valence-electron chi connectivity index (χ3n) is 6.07. The van der Waals surface area contributed by atoms with Crippen molar-refractivity contribution in [1.82, 2.24) is 19.2 Å². The molecule has 1 fully saturated rings. The van der Waals surface area contributed by atoms with E-state index in [-0.39, 0.29) is 4.90 Å². The Kier molecular flexibility index (Phi) is 6.92. The maximum Gasteiger partial charge on any atom is 0.243 e. The summed E-state index contributed by atoms with van der Waals surface area (Å²) in [7, 11) is 1.50. The summed E-state index contributed by atoms with van der Waals surface area (Å²) in [6.45, 7) is 6.50. The minimum Gasteiger partial charge on any atom is -0.496 e. The van der Waals surface area contributed by atoms with E-state index in [1.807, 2.05) is 20.9 Å². The van der Waals surface area contributed by atoms with Crippen LogP contribution in [0.2, 0.25) is 0 Å². The first-order valence-electron chi connectivity index (χ1n) is 11.1. The molecule has 0 saturated carbocycles. The summed E-state index contributed by atoms with van der Waals surface area (Å²) in [6, 6.07) is 6.66. The fourth-order valence-electron chi connectivity index (χ4n) is 4.08. The SMILES string of the molecule is CCOc1ccc(S(=O)(=O)N2CCN(C)CC2)cc1-c1ncc2c(OC)cc(OC)c(C)c2n1. The summed E-state index contributed by atoms with van der Waals surface area (Å²) in [5.74, 6) is 2.13. The van der Waals surface area contributed by atoms with Gasteiger partial charge in [0.2, 0.25) is 10.0 Å². The van der Waals surface area contributed by atoms with Crippen molar-refractivity contribution >= 4 is 20.9 Å². The van der Waals surface area contributed by atoms with E-state index in [0.717, 1.165) is 10.9 Å². The number of benzene rings is 2. The number of aryl methyl sites for hydroxylation is 1.